The molecule has 1 aliphatic carbocycles. The van der Waals surface area contributed by atoms with Crippen LogP contribution in [0, 0.1) is 0 Å². The Labute approximate surface area is 109 Å². The van der Waals surface area contributed by atoms with Gasteiger partial charge >= 0.3 is 0 Å². The normalized spacial score (nSPS) is 16.1. The van der Waals surface area contributed by atoms with Gasteiger partial charge in [-0.2, -0.15) is 4.31 Å². The molecule has 0 unspecified atom stereocenters. The Balaban J connectivity index is 2.30. The first kappa shape index (κ1) is 13.4. The van der Waals surface area contributed by atoms with Gasteiger partial charge in [0, 0.05) is 12.6 Å². The molecular formula is C13H20N2O2S. The molecule has 100 valence electrons. The molecular weight excluding hydrogens is 248 g/mol. The van der Waals surface area contributed by atoms with E-state index < -0.39 is 10.0 Å². The molecule has 0 heterocycles. The summed E-state index contributed by atoms with van der Waals surface area (Å²) >= 11 is 0. The van der Waals surface area contributed by atoms with Crippen LogP contribution in [0.5, 0.6) is 0 Å². The molecule has 18 heavy (non-hydrogen) atoms. The third-order valence-corrected chi connectivity index (χ3v) is 5.22. The smallest absolute Gasteiger partial charge is 0.245 e. The highest BCUT2D eigenvalue weighted by molar-refractivity contribution is 7.89. The van der Waals surface area contributed by atoms with Crippen molar-refractivity contribution in [3.63, 3.8) is 0 Å². The lowest BCUT2D eigenvalue weighted by atomic mass is 10.3. The minimum Gasteiger partial charge on any atom is -0.398 e. The van der Waals surface area contributed by atoms with Gasteiger partial charge in [0.05, 0.1) is 5.69 Å². The van der Waals surface area contributed by atoms with Gasteiger partial charge in [0.1, 0.15) is 4.90 Å². The highest BCUT2D eigenvalue weighted by Gasteiger charge is 2.38. The zero-order chi connectivity index (χ0) is 13.2. The predicted molar refractivity (Wildman–Crippen MR) is 72.7 cm³/mol. The maximum atomic E-state index is 12.6. The average Bonchev–Trinajstić information content (AvgIpc) is 3.14. The number of hydrogen-bond donors (Lipinski definition) is 1. The van der Waals surface area contributed by atoms with E-state index in [4.69, 9.17) is 5.73 Å². The first-order chi connectivity index (χ1) is 8.57. The zero-order valence-electron chi connectivity index (χ0n) is 10.7. The van der Waals surface area contributed by atoms with Crippen molar-refractivity contribution in [2.45, 2.75) is 43.5 Å². The second-order valence-electron chi connectivity index (χ2n) is 4.74. The number of nitrogen functional groups attached to an aromatic ring is 1. The van der Waals surface area contributed by atoms with E-state index in [2.05, 4.69) is 6.92 Å². The fraction of sp³-hybridized carbons (Fsp3) is 0.538. The number of rotatable bonds is 6. The summed E-state index contributed by atoms with van der Waals surface area (Å²) in [5.41, 5.74) is 6.12. The van der Waals surface area contributed by atoms with E-state index in [1.807, 2.05) is 0 Å². The summed E-state index contributed by atoms with van der Waals surface area (Å²) in [5.74, 6) is 0. The zero-order valence-corrected chi connectivity index (χ0v) is 11.5. The van der Waals surface area contributed by atoms with Crippen molar-refractivity contribution >= 4 is 15.7 Å². The van der Waals surface area contributed by atoms with Gasteiger partial charge in [-0.3, -0.25) is 0 Å². The van der Waals surface area contributed by atoms with Crippen LogP contribution in [0.15, 0.2) is 29.2 Å². The molecule has 0 amide bonds. The number of para-hydroxylation sites is 1. The van der Waals surface area contributed by atoms with Gasteiger partial charge in [-0.05, 0) is 31.4 Å². The van der Waals surface area contributed by atoms with Gasteiger partial charge in [-0.25, -0.2) is 8.42 Å². The van der Waals surface area contributed by atoms with Gasteiger partial charge in [0.25, 0.3) is 0 Å². The van der Waals surface area contributed by atoms with Gasteiger partial charge in [0.2, 0.25) is 10.0 Å². The van der Waals surface area contributed by atoms with Gasteiger partial charge in [-0.15, -0.1) is 0 Å². The van der Waals surface area contributed by atoms with Crippen molar-refractivity contribution in [3.8, 4) is 0 Å². The molecule has 2 rings (SSSR count). The number of hydrogen-bond acceptors (Lipinski definition) is 3. The molecule has 1 fully saturated rings. The number of unbranched alkanes of at least 4 members (excludes halogenated alkanes) is 1. The van der Waals surface area contributed by atoms with Crippen molar-refractivity contribution in [1.29, 1.82) is 0 Å². The fourth-order valence-electron chi connectivity index (χ4n) is 2.02. The molecule has 0 atom stereocenters. The van der Waals surface area contributed by atoms with Crippen LogP contribution < -0.4 is 5.73 Å². The molecule has 1 aromatic carbocycles. The number of benzene rings is 1. The molecule has 4 nitrogen and oxygen atoms in total. The van der Waals surface area contributed by atoms with E-state index in [1.165, 1.54) is 0 Å². The Kier molecular flexibility index (Phi) is 3.92. The Morgan fingerprint density at radius 2 is 2.00 bits per heavy atom. The summed E-state index contributed by atoms with van der Waals surface area (Å²) in [4.78, 5) is 0.244. The lowest BCUT2D eigenvalue weighted by Gasteiger charge is -2.22. The quantitative estimate of drug-likeness (QED) is 0.805. The van der Waals surface area contributed by atoms with E-state index >= 15 is 0 Å². The molecule has 0 aliphatic heterocycles. The van der Waals surface area contributed by atoms with Gasteiger partial charge < -0.3 is 5.73 Å². The van der Waals surface area contributed by atoms with Gasteiger partial charge in [0.15, 0.2) is 0 Å². The fourth-order valence-corrected chi connectivity index (χ4v) is 3.86. The minimum atomic E-state index is -3.43. The summed E-state index contributed by atoms with van der Waals surface area (Å²) < 4.78 is 26.8. The van der Waals surface area contributed by atoms with E-state index in [0.717, 1.165) is 25.7 Å². The van der Waals surface area contributed by atoms with Crippen LogP contribution >= 0.6 is 0 Å². The maximum absolute atomic E-state index is 12.6. The second kappa shape index (κ2) is 5.28. The third-order valence-electron chi connectivity index (χ3n) is 3.19. The summed E-state index contributed by atoms with van der Waals surface area (Å²) in [5, 5.41) is 0. The number of nitrogens with zero attached hydrogens (tertiary/aromatic N) is 1. The van der Waals surface area contributed by atoms with E-state index in [-0.39, 0.29) is 10.9 Å². The Morgan fingerprint density at radius 3 is 2.56 bits per heavy atom. The van der Waals surface area contributed by atoms with Crippen molar-refractivity contribution in [2.24, 2.45) is 0 Å². The van der Waals surface area contributed by atoms with Crippen molar-refractivity contribution < 1.29 is 8.42 Å². The molecule has 0 bridgehead atoms. The molecule has 0 spiro atoms. The number of sulfonamides is 1. The lowest BCUT2D eigenvalue weighted by Crippen LogP contribution is -2.34. The van der Waals surface area contributed by atoms with Crippen LogP contribution in [-0.2, 0) is 10.0 Å². The summed E-state index contributed by atoms with van der Waals surface area (Å²) in [6.45, 7) is 2.66. The van der Waals surface area contributed by atoms with Crippen molar-refractivity contribution in [1.82, 2.24) is 4.31 Å². The largest absolute Gasteiger partial charge is 0.398 e. The highest BCUT2D eigenvalue weighted by Crippen LogP contribution is 2.33. The second-order valence-corrected chi connectivity index (χ2v) is 6.60. The molecule has 5 heteroatoms. The first-order valence-electron chi connectivity index (χ1n) is 6.43. The monoisotopic (exact) mass is 268 g/mol. The van der Waals surface area contributed by atoms with Crippen LogP contribution in [0.3, 0.4) is 0 Å². The first-order valence-corrected chi connectivity index (χ1v) is 7.87. The van der Waals surface area contributed by atoms with Crippen LogP contribution in [0.4, 0.5) is 5.69 Å². The molecule has 2 N–H and O–H groups in total. The Morgan fingerprint density at radius 1 is 1.33 bits per heavy atom. The van der Waals surface area contributed by atoms with Crippen LogP contribution in [-0.4, -0.2) is 25.3 Å². The number of anilines is 1. The molecule has 0 radical (unpaired) electrons. The maximum Gasteiger partial charge on any atom is 0.245 e. The van der Waals surface area contributed by atoms with Gasteiger partial charge in [-0.1, -0.05) is 25.5 Å². The molecule has 1 aromatic rings. The number of nitrogens with two attached hydrogens (primary N) is 1. The Bertz CT molecular complexity index is 509. The summed E-state index contributed by atoms with van der Waals surface area (Å²) in [6, 6.07) is 6.88. The average molecular weight is 268 g/mol. The minimum absolute atomic E-state index is 0.182. The van der Waals surface area contributed by atoms with Crippen molar-refractivity contribution in [2.75, 3.05) is 12.3 Å². The van der Waals surface area contributed by atoms with Crippen LogP contribution in [0.25, 0.3) is 0 Å². The SMILES string of the molecule is CCCCN(C1CC1)S(=O)(=O)c1ccccc1N. The van der Waals surface area contributed by atoms with Crippen molar-refractivity contribution in [3.05, 3.63) is 24.3 Å². The van der Waals surface area contributed by atoms with E-state index in [0.29, 0.717) is 12.2 Å². The predicted octanol–water partition coefficient (Wildman–Crippen LogP) is 2.22. The van der Waals surface area contributed by atoms with Crippen LogP contribution in [0.2, 0.25) is 0 Å². The van der Waals surface area contributed by atoms with Crippen LogP contribution in [0.1, 0.15) is 32.6 Å². The van der Waals surface area contributed by atoms with E-state index in [1.54, 1.807) is 28.6 Å². The third kappa shape index (κ3) is 2.67. The lowest BCUT2D eigenvalue weighted by molar-refractivity contribution is 0.396. The summed E-state index contributed by atoms with van der Waals surface area (Å²) in [6.07, 6.45) is 3.82. The molecule has 1 saturated carbocycles. The Hall–Kier alpha value is -1.07. The highest BCUT2D eigenvalue weighted by atomic mass is 32.2. The standard InChI is InChI=1S/C13H20N2O2S/c1-2-3-10-15(11-8-9-11)18(16,17)13-7-5-4-6-12(13)14/h4-7,11H,2-3,8-10,14H2,1H3. The molecule has 0 aromatic heterocycles. The van der Waals surface area contributed by atoms with E-state index in [9.17, 15) is 8.42 Å². The topological polar surface area (TPSA) is 63.4 Å². The molecule has 1 aliphatic rings. The molecule has 0 saturated heterocycles. The summed E-state index contributed by atoms with van der Waals surface area (Å²) in [7, 11) is -3.43.